The zero-order valence-electron chi connectivity index (χ0n) is 18.7. The van der Waals surface area contributed by atoms with Gasteiger partial charge in [0.1, 0.15) is 12.4 Å². The highest BCUT2D eigenvalue weighted by atomic mass is 35.5. The minimum atomic E-state index is -3.05. The van der Waals surface area contributed by atoms with Crippen molar-refractivity contribution in [2.24, 2.45) is 0 Å². The van der Waals surface area contributed by atoms with Crippen LogP contribution in [0.2, 0.25) is 10.0 Å². The monoisotopic (exact) mass is 523 g/mol. The van der Waals surface area contributed by atoms with E-state index in [4.69, 9.17) is 32.7 Å². The molecule has 1 heterocycles. The first kappa shape index (κ1) is 26.4. The lowest BCUT2D eigenvalue weighted by atomic mass is 10.0. The first-order chi connectivity index (χ1) is 16.7. The van der Waals surface area contributed by atoms with Gasteiger partial charge in [0.2, 0.25) is 0 Å². The Balaban J connectivity index is 2.03. The van der Waals surface area contributed by atoms with Gasteiger partial charge < -0.3 is 14.2 Å². The van der Waals surface area contributed by atoms with Crippen molar-refractivity contribution in [1.29, 1.82) is 0 Å². The van der Waals surface area contributed by atoms with Crippen LogP contribution in [0.5, 0.6) is 11.5 Å². The number of esters is 1. The fourth-order valence-corrected chi connectivity index (χ4v) is 3.77. The molecule has 0 unspecified atom stereocenters. The first-order valence-electron chi connectivity index (χ1n) is 10.5. The van der Waals surface area contributed by atoms with Crippen molar-refractivity contribution in [3.8, 4) is 11.5 Å². The molecule has 6 nitrogen and oxygen atoms in total. The summed E-state index contributed by atoms with van der Waals surface area (Å²) in [6.07, 6.45) is 2.18. The molecule has 3 aromatic rings. The van der Waals surface area contributed by atoms with E-state index >= 15 is 0 Å². The molecule has 184 valence electrons. The van der Waals surface area contributed by atoms with E-state index in [1.807, 2.05) is 0 Å². The zero-order chi connectivity index (χ0) is 25.5. The van der Waals surface area contributed by atoms with Crippen molar-refractivity contribution in [2.45, 2.75) is 39.1 Å². The highest BCUT2D eigenvalue weighted by Gasteiger charge is 2.24. The zero-order valence-corrected chi connectivity index (χ0v) is 20.2. The molecule has 2 aromatic carbocycles. The molecular weight excluding hydrogens is 503 g/mol. The predicted octanol–water partition coefficient (Wildman–Crippen LogP) is 6.73. The number of benzene rings is 2. The number of halogens is 4. The quantitative estimate of drug-likeness (QED) is 0.216. The molecule has 10 heteroatoms. The lowest BCUT2D eigenvalue weighted by Crippen LogP contribution is -2.16. The largest absolute Gasteiger partial charge is 0.487 e. The van der Waals surface area contributed by atoms with Crippen LogP contribution >= 0.6 is 23.2 Å². The number of nitrogens with zero attached hydrogens (tertiary/aromatic N) is 1. The van der Waals surface area contributed by atoms with E-state index < -0.39 is 18.7 Å². The summed E-state index contributed by atoms with van der Waals surface area (Å²) in [5.41, 5.74) is 1.35. The molecule has 0 bridgehead atoms. The molecule has 0 saturated carbocycles. The molecule has 0 aliphatic heterocycles. The second-order valence-electron chi connectivity index (χ2n) is 7.67. The summed E-state index contributed by atoms with van der Waals surface area (Å²) in [5, 5.41) is 0.524. The summed E-state index contributed by atoms with van der Waals surface area (Å²) in [7, 11) is 0. The molecule has 0 spiro atoms. The van der Waals surface area contributed by atoms with Crippen LogP contribution in [0.3, 0.4) is 0 Å². The lowest BCUT2D eigenvalue weighted by molar-refractivity contribution is -0.0519. The van der Waals surface area contributed by atoms with Crippen LogP contribution in [0.4, 0.5) is 8.78 Å². The second-order valence-corrected chi connectivity index (χ2v) is 8.49. The third-order valence-corrected chi connectivity index (χ3v) is 5.42. The fraction of sp³-hybridized carbons (Fsp3) is 0.240. The summed E-state index contributed by atoms with van der Waals surface area (Å²) in [6.45, 7) is 0.406. The highest BCUT2D eigenvalue weighted by Crippen LogP contribution is 2.36. The van der Waals surface area contributed by atoms with Crippen LogP contribution < -0.4 is 9.47 Å². The molecule has 0 radical (unpaired) electrons. The number of carbonyl (C=O) groups excluding carboxylic acids is 2. The van der Waals surface area contributed by atoms with Gasteiger partial charge in [0.05, 0.1) is 21.7 Å². The van der Waals surface area contributed by atoms with Gasteiger partial charge in [-0.25, -0.2) is 4.79 Å². The van der Waals surface area contributed by atoms with Crippen molar-refractivity contribution in [3.63, 3.8) is 0 Å². The van der Waals surface area contributed by atoms with Gasteiger partial charge in [0.15, 0.2) is 11.5 Å². The van der Waals surface area contributed by atoms with Gasteiger partial charge in [-0.05, 0) is 49.2 Å². The molecule has 0 aliphatic carbocycles. The molecule has 35 heavy (non-hydrogen) atoms. The number of aldehydes is 1. The van der Waals surface area contributed by atoms with E-state index in [0.29, 0.717) is 23.0 Å². The Morgan fingerprint density at radius 2 is 1.74 bits per heavy atom. The average molecular weight is 524 g/mol. The Bertz CT molecular complexity index is 1190. The third kappa shape index (κ3) is 7.13. The maximum atomic E-state index is 13.0. The van der Waals surface area contributed by atoms with E-state index in [9.17, 15) is 18.4 Å². The number of hydrogen-bond donors (Lipinski definition) is 0. The maximum absolute atomic E-state index is 13.0. The van der Waals surface area contributed by atoms with Gasteiger partial charge >= 0.3 is 12.6 Å². The van der Waals surface area contributed by atoms with Crippen LogP contribution in [0.15, 0.2) is 54.9 Å². The molecule has 1 aromatic heterocycles. The molecule has 1 atom stereocenters. The van der Waals surface area contributed by atoms with Crippen molar-refractivity contribution in [3.05, 3.63) is 87.2 Å². The molecule has 0 aliphatic rings. The van der Waals surface area contributed by atoms with Crippen LogP contribution in [0.25, 0.3) is 0 Å². The van der Waals surface area contributed by atoms with Gasteiger partial charge in [-0.3, -0.25) is 9.78 Å². The van der Waals surface area contributed by atoms with Crippen LogP contribution in [0, 0.1) is 0 Å². The van der Waals surface area contributed by atoms with Crippen LogP contribution in [-0.4, -0.2) is 30.0 Å². The fourth-order valence-electron chi connectivity index (χ4n) is 3.25. The van der Waals surface area contributed by atoms with Crippen molar-refractivity contribution < 1.29 is 32.6 Å². The molecule has 0 fully saturated rings. The van der Waals surface area contributed by atoms with Gasteiger partial charge in [-0.1, -0.05) is 41.4 Å². The molecule has 3 rings (SSSR count). The maximum Gasteiger partial charge on any atom is 0.387 e. The number of carbonyl (C=O) groups is 2. The van der Waals surface area contributed by atoms with Gasteiger partial charge in [0, 0.05) is 24.4 Å². The summed E-state index contributed by atoms with van der Waals surface area (Å²) in [6, 6.07) is 10.3. The number of aromatic nitrogens is 1. The topological polar surface area (TPSA) is 74.7 Å². The highest BCUT2D eigenvalue weighted by molar-refractivity contribution is 6.35. The minimum absolute atomic E-state index is 0.0497. The van der Waals surface area contributed by atoms with Crippen LogP contribution in [0.1, 0.15) is 51.8 Å². The Morgan fingerprint density at radius 3 is 2.37 bits per heavy atom. The Hall–Kier alpha value is -3.23. The predicted molar refractivity (Wildman–Crippen MR) is 127 cm³/mol. The van der Waals surface area contributed by atoms with Crippen LogP contribution in [-0.2, 0) is 11.2 Å². The number of rotatable bonds is 10. The molecule has 0 amide bonds. The lowest BCUT2D eigenvalue weighted by Gasteiger charge is -2.22. The van der Waals surface area contributed by atoms with Crippen molar-refractivity contribution >= 4 is 35.5 Å². The van der Waals surface area contributed by atoms with Crippen molar-refractivity contribution in [1.82, 2.24) is 4.98 Å². The Labute approximate surface area is 210 Å². The number of ether oxygens (including phenoxy) is 3. The van der Waals surface area contributed by atoms with Gasteiger partial charge in [-0.2, -0.15) is 8.78 Å². The van der Waals surface area contributed by atoms with Gasteiger partial charge in [-0.15, -0.1) is 0 Å². The minimum Gasteiger partial charge on any atom is -0.487 e. The molecule has 0 N–H and O–H groups in total. The number of alkyl halides is 2. The third-order valence-electron chi connectivity index (χ3n) is 4.77. The Kier molecular flexibility index (Phi) is 9.01. The average Bonchev–Trinajstić information content (AvgIpc) is 2.81. The summed E-state index contributed by atoms with van der Waals surface area (Å²) in [5.74, 6) is -0.825. The molecule has 0 saturated heterocycles. The summed E-state index contributed by atoms with van der Waals surface area (Å²) >= 11 is 12.6. The standard InChI is InChI=1S/C25H21Cl2F2NO5/c1-14(2)33-23-9-16(6-7-21(23)35-25(28)29)22(10-18-19(26)11-30-12-20(18)27)34-24(32)17-5-3-4-15(8-17)13-31/h3-9,11-14,22,25H,10H2,1-2H3/t22-/m0/s1. The van der Waals surface area contributed by atoms with E-state index in [1.54, 1.807) is 26.0 Å². The number of pyridine rings is 1. The van der Waals surface area contributed by atoms with E-state index in [1.165, 1.54) is 42.7 Å². The van der Waals surface area contributed by atoms with E-state index in [0.717, 1.165) is 0 Å². The van der Waals surface area contributed by atoms with E-state index in [2.05, 4.69) is 9.72 Å². The first-order valence-corrected chi connectivity index (χ1v) is 11.2. The van der Waals surface area contributed by atoms with Crippen molar-refractivity contribution in [2.75, 3.05) is 0 Å². The summed E-state index contributed by atoms with van der Waals surface area (Å²) < 4.78 is 41.8. The number of hydrogen-bond acceptors (Lipinski definition) is 6. The SMILES string of the molecule is CC(C)Oc1cc([C@H](Cc2c(Cl)cncc2Cl)OC(=O)c2cccc(C=O)c2)ccc1OC(F)F. The summed E-state index contributed by atoms with van der Waals surface area (Å²) in [4.78, 5) is 28.0. The normalized spacial score (nSPS) is 11.9. The molecular formula is C25H21Cl2F2NO5. The second kappa shape index (κ2) is 12.0. The van der Waals surface area contributed by atoms with E-state index in [-0.39, 0.29) is 39.6 Å². The van der Waals surface area contributed by atoms with Gasteiger partial charge in [0.25, 0.3) is 0 Å². The Morgan fingerprint density at radius 1 is 1.03 bits per heavy atom. The smallest absolute Gasteiger partial charge is 0.387 e.